The molecule has 4 aromatic rings. The van der Waals surface area contributed by atoms with Crippen molar-refractivity contribution in [2.45, 2.75) is 26.3 Å². The number of thiophene rings is 1. The number of carboxylic acids is 1. The van der Waals surface area contributed by atoms with E-state index in [2.05, 4.69) is 42.3 Å². The molecule has 0 aliphatic carbocycles. The van der Waals surface area contributed by atoms with Crippen LogP contribution in [-0.4, -0.2) is 26.0 Å². The molecule has 3 aromatic heterocycles. The Morgan fingerprint density at radius 2 is 1.93 bits per heavy atom. The molecule has 2 N–H and O–H groups in total. The number of nitrogens with one attached hydrogen (secondary N) is 1. The van der Waals surface area contributed by atoms with E-state index in [4.69, 9.17) is 10.1 Å². The van der Waals surface area contributed by atoms with Gasteiger partial charge in [0.15, 0.2) is 0 Å². The van der Waals surface area contributed by atoms with E-state index in [0.717, 1.165) is 26.9 Å². The van der Waals surface area contributed by atoms with Gasteiger partial charge in [-0.1, -0.05) is 24.0 Å². The molecular formula is C24H21N3O2S. The number of fused-ring (bicyclic) bond motifs is 1. The second-order valence-electron chi connectivity index (χ2n) is 7.91. The Bertz CT molecular complexity index is 1300. The smallest absolute Gasteiger partial charge is 0.335 e. The van der Waals surface area contributed by atoms with Gasteiger partial charge in [0.2, 0.25) is 0 Å². The normalized spacial score (nSPS) is 11.2. The standard InChI is InChI=1S/C24H21N3O2S/c1-24(2,3)26-22-21(25-20-9-4-5-14-27(20)22)19-13-12-18(30-19)11-10-16-7-6-8-17(15-16)23(28)29/h4-9,12-15,26H,1-3H3,(H,28,29). The first-order chi connectivity index (χ1) is 14.3. The highest BCUT2D eigenvalue weighted by atomic mass is 32.1. The molecule has 30 heavy (non-hydrogen) atoms. The predicted molar refractivity (Wildman–Crippen MR) is 121 cm³/mol. The van der Waals surface area contributed by atoms with Crippen LogP contribution in [0.15, 0.2) is 60.8 Å². The molecule has 0 unspecified atom stereocenters. The minimum atomic E-state index is -0.956. The lowest BCUT2D eigenvalue weighted by Gasteiger charge is -2.22. The molecule has 4 rings (SSSR count). The van der Waals surface area contributed by atoms with E-state index >= 15 is 0 Å². The number of aromatic carboxylic acids is 1. The summed E-state index contributed by atoms with van der Waals surface area (Å²) in [6.45, 7) is 6.36. The Labute approximate surface area is 179 Å². The highest BCUT2D eigenvalue weighted by molar-refractivity contribution is 7.16. The van der Waals surface area contributed by atoms with E-state index < -0.39 is 5.97 Å². The molecule has 1 aromatic carbocycles. The maximum atomic E-state index is 11.1. The Morgan fingerprint density at radius 3 is 2.70 bits per heavy atom. The van der Waals surface area contributed by atoms with Crippen LogP contribution in [0.1, 0.15) is 41.6 Å². The summed E-state index contributed by atoms with van der Waals surface area (Å²) >= 11 is 1.57. The Kier molecular flexibility index (Phi) is 5.06. The predicted octanol–water partition coefficient (Wildman–Crippen LogP) is 5.37. The van der Waals surface area contributed by atoms with Gasteiger partial charge in [-0.05, 0) is 63.2 Å². The number of hydrogen-bond donors (Lipinski definition) is 2. The summed E-state index contributed by atoms with van der Waals surface area (Å²) in [6, 6.07) is 16.6. The molecule has 5 nitrogen and oxygen atoms in total. The Balaban J connectivity index is 1.70. The second kappa shape index (κ2) is 7.69. The molecule has 150 valence electrons. The quantitative estimate of drug-likeness (QED) is 0.442. The van der Waals surface area contributed by atoms with Crippen molar-refractivity contribution in [2.75, 3.05) is 5.32 Å². The summed E-state index contributed by atoms with van der Waals surface area (Å²) in [7, 11) is 0. The zero-order valence-corrected chi connectivity index (χ0v) is 17.7. The SMILES string of the molecule is CC(C)(C)Nc1c(-c2ccc(C#Cc3cccc(C(=O)O)c3)s2)nc2ccccn12. The van der Waals surface area contributed by atoms with Crippen LogP contribution in [0.25, 0.3) is 16.2 Å². The summed E-state index contributed by atoms with van der Waals surface area (Å²) in [4.78, 5) is 17.9. The fourth-order valence-corrected chi connectivity index (χ4v) is 3.89. The second-order valence-corrected chi connectivity index (χ2v) is 9.00. The van der Waals surface area contributed by atoms with Gasteiger partial charge in [0.05, 0.1) is 15.3 Å². The highest BCUT2D eigenvalue weighted by Gasteiger charge is 2.20. The monoisotopic (exact) mass is 415 g/mol. The van der Waals surface area contributed by atoms with Gasteiger partial charge in [0.1, 0.15) is 17.2 Å². The van der Waals surface area contributed by atoms with Crippen molar-refractivity contribution >= 4 is 28.8 Å². The van der Waals surface area contributed by atoms with Crippen LogP contribution >= 0.6 is 11.3 Å². The molecule has 0 saturated carbocycles. The zero-order chi connectivity index (χ0) is 21.3. The molecule has 0 spiro atoms. The molecule has 0 amide bonds. The van der Waals surface area contributed by atoms with Crippen molar-refractivity contribution in [2.24, 2.45) is 0 Å². The number of aromatic nitrogens is 2. The van der Waals surface area contributed by atoms with Gasteiger partial charge in [-0.15, -0.1) is 11.3 Å². The number of anilines is 1. The lowest BCUT2D eigenvalue weighted by atomic mass is 10.1. The fourth-order valence-electron chi connectivity index (χ4n) is 3.04. The third-order valence-corrected chi connectivity index (χ3v) is 5.31. The number of pyridine rings is 1. The first-order valence-corrected chi connectivity index (χ1v) is 10.3. The van der Waals surface area contributed by atoms with Crippen LogP contribution < -0.4 is 5.32 Å². The van der Waals surface area contributed by atoms with Crippen molar-refractivity contribution in [3.8, 4) is 22.4 Å². The molecule has 0 fully saturated rings. The average Bonchev–Trinajstić information content (AvgIpc) is 3.30. The third kappa shape index (κ3) is 4.22. The topological polar surface area (TPSA) is 66.6 Å². The van der Waals surface area contributed by atoms with E-state index in [9.17, 15) is 4.79 Å². The van der Waals surface area contributed by atoms with Gasteiger partial charge < -0.3 is 10.4 Å². The Hall–Kier alpha value is -3.56. The van der Waals surface area contributed by atoms with E-state index in [-0.39, 0.29) is 11.1 Å². The fraction of sp³-hybridized carbons (Fsp3) is 0.167. The lowest BCUT2D eigenvalue weighted by Crippen LogP contribution is -2.27. The summed E-state index contributed by atoms with van der Waals surface area (Å²) in [5.74, 6) is 6.19. The van der Waals surface area contributed by atoms with Crippen LogP contribution in [0.5, 0.6) is 0 Å². The third-order valence-electron chi connectivity index (χ3n) is 4.30. The molecule has 0 aliphatic rings. The van der Waals surface area contributed by atoms with Crippen LogP contribution in [0.2, 0.25) is 0 Å². The number of hydrogen-bond acceptors (Lipinski definition) is 4. The van der Waals surface area contributed by atoms with E-state index in [1.54, 1.807) is 35.6 Å². The summed E-state index contributed by atoms with van der Waals surface area (Å²) < 4.78 is 2.06. The molecule has 0 bridgehead atoms. The summed E-state index contributed by atoms with van der Waals surface area (Å²) in [5.41, 5.74) is 2.56. The van der Waals surface area contributed by atoms with Gasteiger partial charge in [-0.2, -0.15) is 0 Å². The number of nitrogens with zero attached hydrogens (tertiary/aromatic N) is 2. The zero-order valence-electron chi connectivity index (χ0n) is 16.9. The van der Waals surface area contributed by atoms with Gasteiger partial charge in [0.25, 0.3) is 0 Å². The molecule has 0 radical (unpaired) electrons. The maximum Gasteiger partial charge on any atom is 0.335 e. The van der Waals surface area contributed by atoms with Gasteiger partial charge in [-0.3, -0.25) is 4.40 Å². The average molecular weight is 416 g/mol. The minimum Gasteiger partial charge on any atom is -0.478 e. The number of rotatable bonds is 3. The number of benzene rings is 1. The molecule has 3 heterocycles. The number of carboxylic acid groups (broad SMARTS) is 1. The maximum absolute atomic E-state index is 11.1. The molecule has 6 heteroatoms. The molecule has 0 aliphatic heterocycles. The van der Waals surface area contributed by atoms with Gasteiger partial charge in [-0.25, -0.2) is 9.78 Å². The highest BCUT2D eigenvalue weighted by Crippen LogP contribution is 2.35. The van der Waals surface area contributed by atoms with E-state index in [1.807, 2.05) is 36.5 Å². The first-order valence-electron chi connectivity index (χ1n) is 9.51. The van der Waals surface area contributed by atoms with Crippen LogP contribution in [0.3, 0.4) is 0 Å². The van der Waals surface area contributed by atoms with Crippen molar-refractivity contribution in [3.63, 3.8) is 0 Å². The van der Waals surface area contributed by atoms with Crippen LogP contribution in [0, 0.1) is 11.8 Å². The van der Waals surface area contributed by atoms with E-state index in [1.165, 1.54) is 0 Å². The van der Waals surface area contributed by atoms with Crippen molar-refractivity contribution in [3.05, 3.63) is 76.8 Å². The van der Waals surface area contributed by atoms with Crippen LogP contribution in [-0.2, 0) is 0 Å². The lowest BCUT2D eigenvalue weighted by molar-refractivity contribution is 0.0697. The van der Waals surface area contributed by atoms with Crippen LogP contribution in [0.4, 0.5) is 5.82 Å². The van der Waals surface area contributed by atoms with Gasteiger partial charge in [0, 0.05) is 17.3 Å². The Morgan fingerprint density at radius 1 is 1.10 bits per heavy atom. The molecular weight excluding hydrogens is 394 g/mol. The van der Waals surface area contributed by atoms with Crippen molar-refractivity contribution in [1.29, 1.82) is 0 Å². The van der Waals surface area contributed by atoms with Crippen molar-refractivity contribution in [1.82, 2.24) is 9.38 Å². The van der Waals surface area contributed by atoms with Crippen molar-refractivity contribution < 1.29 is 9.90 Å². The largest absolute Gasteiger partial charge is 0.478 e. The first kappa shape index (κ1) is 19.7. The minimum absolute atomic E-state index is 0.115. The number of imidazole rings is 1. The molecule has 0 saturated heterocycles. The summed E-state index contributed by atoms with van der Waals surface area (Å²) in [6.07, 6.45) is 2.00. The number of carbonyl (C=O) groups is 1. The van der Waals surface area contributed by atoms with E-state index in [0.29, 0.717) is 5.56 Å². The molecule has 0 atom stereocenters. The summed E-state index contributed by atoms with van der Waals surface area (Å²) in [5, 5.41) is 12.7. The van der Waals surface area contributed by atoms with Gasteiger partial charge >= 0.3 is 5.97 Å².